The topological polar surface area (TPSA) is 419 Å². The first-order valence-electron chi connectivity index (χ1n) is 28.7. The largest absolute Gasteiger partial charge is 0.480 e. The van der Waals surface area contributed by atoms with E-state index in [0.29, 0.717) is 16.9 Å². The van der Waals surface area contributed by atoms with Gasteiger partial charge in [0.25, 0.3) is 0 Å². The molecular weight excluding hydrogens is 1120 g/mol. The summed E-state index contributed by atoms with van der Waals surface area (Å²) in [5, 5.41) is 45.2. The molecule has 26 heteroatoms. The van der Waals surface area contributed by atoms with Crippen molar-refractivity contribution in [3.05, 3.63) is 120 Å². The molecule has 0 bridgehead atoms. The number of carboxylic acids is 1. The van der Waals surface area contributed by atoms with Gasteiger partial charge in [-0.2, -0.15) is 11.8 Å². The van der Waals surface area contributed by atoms with E-state index in [4.69, 9.17) is 22.9 Å². The van der Waals surface area contributed by atoms with E-state index >= 15 is 0 Å². The maximum Gasteiger partial charge on any atom is 0.326 e. The fourth-order valence-electron chi connectivity index (χ4n) is 8.94. The molecule has 10 unspecified atom stereocenters. The number of aliphatic hydroxyl groups is 1. The van der Waals surface area contributed by atoms with Crippen molar-refractivity contribution in [1.29, 1.82) is 0 Å². The highest BCUT2D eigenvalue weighted by atomic mass is 32.2. The molecule has 25 nitrogen and oxygen atoms in total. The molecule has 0 spiro atoms. The van der Waals surface area contributed by atoms with Crippen molar-refractivity contribution in [2.75, 3.05) is 25.1 Å². The zero-order valence-electron chi connectivity index (χ0n) is 50.0. The maximum absolute atomic E-state index is 14.7. The second-order valence-corrected chi connectivity index (χ2v) is 22.8. The summed E-state index contributed by atoms with van der Waals surface area (Å²) in [4.78, 5) is 130. The number of carbonyl (C=O) groups is 9. The Bertz CT molecular complexity index is 2700. The molecule has 3 aromatic rings. The molecule has 0 radical (unpaired) electrons. The number of carbonyl (C=O) groups excluding carboxylic acids is 8. The lowest BCUT2D eigenvalue weighted by molar-refractivity contribution is -0.143. The number of nitrogens with one attached hydrogen (secondary N) is 9. The Balaban J connectivity index is 1.97. The van der Waals surface area contributed by atoms with E-state index in [2.05, 4.69) is 59.4 Å². The van der Waals surface area contributed by atoms with Gasteiger partial charge in [-0.05, 0) is 92.4 Å². The predicted octanol–water partition coefficient (Wildman–Crippen LogP) is -0.306. The maximum atomic E-state index is 14.7. The summed E-state index contributed by atoms with van der Waals surface area (Å²) in [6, 6.07) is 14.5. The van der Waals surface area contributed by atoms with Crippen molar-refractivity contribution in [3.63, 3.8) is 0 Å². The number of guanidine groups is 1. The van der Waals surface area contributed by atoms with Crippen LogP contribution in [0.1, 0.15) is 89.8 Å². The predicted molar refractivity (Wildman–Crippen MR) is 331 cm³/mol. The van der Waals surface area contributed by atoms with Crippen molar-refractivity contribution in [1.82, 2.24) is 47.9 Å². The SMILES string of the molecule is C=C(N)NCCCC(NC(=O)C(NC(=O)C(Cc1ccccc1)NC(=O)C(CC(C)C)NC(=O)C(N)Cc1ccccc1)C(C)O)C(=O)NC(Cc1ccccc1)C(=O)NC(CCSC)C(=O)NC(CCCN=C(N)N)C(=O)NC(C(=O)O)C(C)C. The van der Waals surface area contributed by atoms with E-state index in [-0.39, 0.29) is 88.6 Å². The lowest BCUT2D eigenvalue weighted by Crippen LogP contribution is -2.62. The lowest BCUT2D eigenvalue weighted by atomic mass is 9.99. The van der Waals surface area contributed by atoms with Gasteiger partial charge in [0.1, 0.15) is 48.3 Å². The Kier molecular flexibility index (Phi) is 31.8. The minimum Gasteiger partial charge on any atom is -0.480 e. The Hall–Kier alpha value is -8.23. The summed E-state index contributed by atoms with van der Waals surface area (Å²) in [6.07, 6.45) is 0.701. The lowest BCUT2D eigenvalue weighted by Gasteiger charge is -2.29. The van der Waals surface area contributed by atoms with E-state index < -0.39 is 120 Å². The monoisotopic (exact) mass is 1210 g/mol. The molecular formula is C60H90N14O11S. The second kappa shape index (κ2) is 37.9. The fourth-order valence-corrected chi connectivity index (χ4v) is 9.41. The Morgan fingerprint density at radius 2 is 0.919 bits per heavy atom. The highest BCUT2D eigenvalue weighted by molar-refractivity contribution is 7.98. The van der Waals surface area contributed by atoms with Crippen molar-refractivity contribution in [3.8, 4) is 0 Å². The van der Waals surface area contributed by atoms with Crippen LogP contribution < -0.4 is 70.8 Å². The number of nitrogens with zero attached hydrogens (tertiary/aromatic N) is 1. The molecule has 0 aliphatic heterocycles. The first kappa shape index (κ1) is 72.0. The van der Waals surface area contributed by atoms with Crippen LogP contribution in [0.2, 0.25) is 0 Å². The minimum absolute atomic E-state index is 0.0208. The molecule has 19 N–H and O–H groups in total. The van der Waals surface area contributed by atoms with Gasteiger partial charge in [0.2, 0.25) is 47.3 Å². The Morgan fingerprint density at radius 3 is 1.36 bits per heavy atom. The van der Waals surface area contributed by atoms with Crippen LogP contribution in [0.25, 0.3) is 0 Å². The van der Waals surface area contributed by atoms with E-state index in [1.807, 2.05) is 44.2 Å². The van der Waals surface area contributed by atoms with E-state index in [9.17, 15) is 53.4 Å². The average molecular weight is 1220 g/mol. The quantitative estimate of drug-likeness (QED) is 0.0198. The van der Waals surface area contributed by atoms with Crippen molar-refractivity contribution in [2.24, 2.45) is 39.8 Å². The molecule has 0 saturated carbocycles. The first-order valence-corrected chi connectivity index (χ1v) is 30.1. The minimum atomic E-state index is -1.73. The first-order chi connectivity index (χ1) is 40.8. The number of aliphatic hydroxyl groups excluding tert-OH is 1. The molecule has 3 rings (SSSR count). The van der Waals surface area contributed by atoms with Crippen molar-refractivity contribution in [2.45, 2.75) is 153 Å². The van der Waals surface area contributed by atoms with Gasteiger partial charge in [-0.1, -0.05) is 125 Å². The van der Waals surface area contributed by atoms with Crippen LogP contribution >= 0.6 is 11.8 Å². The molecule has 10 atom stereocenters. The van der Waals surface area contributed by atoms with Gasteiger partial charge in [-0.15, -0.1) is 0 Å². The van der Waals surface area contributed by atoms with Crippen LogP contribution in [-0.4, -0.2) is 155 Å². The number of rotatable bonds is 39. The van der Waals surface area contributed by atoms with Crippen LogP contribution in [0.15, 0.2) is 108 Å². The van der Waals surface area contributed by atoms with Gasteiger partial charge >= 0.3 is 5.97 Å². The summed E-state index contributed by atoms with van der Waals surface area (Å²) in [5.41, 5.74) is 25.1. The molecule has 472 valence electrons. The third-order valence-corrected chi connectivity index (χ3v) is 14.2. The fraction of sp³-hybridized carbons (Fsp3) is 0.500. The number of benzene rings is 3. The summed E-state index contributed by atoms with van der Waals surface area (Å²) >= 11 is 1.37. The third kappa shape index (κ3) is 26.8. The summed E-state index contributed by atoms with van der Waals surface area (Å²) in [5.74, 6) is -8.07. The highest BCUT2D eigenvalue weighted by Crippen LogP contribution is 2.14. The van der Waals surface area contributed by atoms with E-state index in [1.54, 1.807) is 80.8 Å². The van der Waals surface area contributed by atoms with E-state index in [1.165, 1.54) is 18.7 Å². The molecule has 0 aromatic heterocycles. The van der Waals surface area contributed by atoms with Gasteiger partial charge < -0.3 is 81.0 Å². The normalized spacial score (nSPS) is 14.6. The molecule has 0 saturated heterocycles. The third-order valence-electron chi connectivity index (χ3n) is 13.6. The number of amides is 8. The van der Waals surface area contributed by atoms with Crippen LogP contribution in [0.3, 0.4) is 0 Å². The zero-order chi connectivity index (χ0) is 63.9. The average Bonchev–Trinajstić information content (AvgIpc) is 3.60. The second-order valence-electron chi connectivity index (χ2n) is 21.8. The Morgan fingerprint density at radius 1 is 0.523 bits per heavy atom. The number of hydrogen-bond acceptors (Lipinski definition) is 15. The molecule has 86 heavy (non-hydrogen) atoms. The van der Waals surface area contributed by atoms with Crippen molar-refractivity contribution < 1.29 is 53.4 Å². The molecule has 0 aliphatic carbocycles. The van der Waals surface area contributed by atoms with Crippen LogP contribution in [0.5, 0.6) is 0 Å². The summed E-state index contributed by atoms with van der Waals surface area (Å²) in [7, 11) is 0. The summed E-state index contributed by atoms with van der Waals surface area (Å²) < 4.78 is 0. The van der Waals surface area contributed by atoms with Gasteiger partial charge in [0.15, 0.2) is 5.96 Å². The number of nitrogens with two attached hydrogens (primary N) is 4. The Labute approximate surface area is 508 Å². The van der Waals surface area contributed by atoms with Crippen LogP contribution in [-0.2, 0) is 62.4 Å². The van der Waals surface area contributed by atoms with Gasteiger partial charge in [-0.25, -0.2) is 4.79 Å². The van der Waals surface area contributed by atoms with Crippen molar-refractivity contribution >= 4 is 70.9 Å². The summed E-state index contributed by atoms with van der Waals surface area (Å²) in [6.45, 7) is 12.1. The number of thioether (sulfide) groups is 1. The number of aliphatic imine (C=N–C) groups is 1. The smallest absolute Gasteiger partial charge is 0.326 e. The number of carboxylic acid groups (broad SMARTS) is 1. The standard InChI is InChI=1S/C60H90N14O11S/c1-35(2)31-46(70-51(76)42(62)32-39-19-11-8-12-20-39)55(80)72-48(34-41-23-15-10-16-24-41)57(82)74-50(37(5)75)58(83)69-43(25-17-28-65-38(6)61)52(77)71-47(33-40-21-13-9-14-22-40)56(81)68-45(27-30-86-7)53(78)67-44(26-18-29-66-60(63)64)54(79)73-49(36(3)4)59(84)85/h8-16,19-24,35-37,42-50,65,75H,6,17-18,25-34,61-62H2,1-5,7H3,(H,67,78)(H,68,81)(H,69,83)(H,70,76)(H,71,77)(H,72,80)(H,73,79)(H,74,82)(H,84,85)(H4,63,64,66). The molecule has 0 aliphatic rings. The number of hydrogen-bond donors (Lipinski definition) is 15. The van der Waals surface area contributed by atoms with Crippen LogP contribution in [0.4, 0.5) is 0 Å². The van der Waals surface area contributed by atoms with Gasteiger partial charge in [0, 0.05) is 25.9 Å². The molecule has 3 aromatic carbocycles. The number of aliphatic carboxylic acids is 1. The zero-order valence-corrected chi connectivity index (χ0v) is 50.8. The molecule has 0 heterocycles. The van der Waals surface area contributed by atoms with E-state index in [0.717, 1.165) is 5.56 Å². The van der Waals surface area contributed by atoms with Gasteiger partial charge in [-0.3, -0.25) is 43.3 Å². The molecule has 8 amide bonds. The van der Waals surface area contributed by atoms with Crippen LogP contribution in [0, 0.1) is 11.8 Å². The van der Waals surface area contributed by atoms with Gasteiger partial charge in [0.05, 0.1) is 18.0 Å². The highest BCUT2D eigenvalue weighted by Gasteiger charge is 2.37. The molecule has 0 fully saturated rings.